The second-order valence-electron chi connectivity index (χ2n) is 4.98. The molecule has 0 spiro atoms. The van der Waals surface area contributed by atoms with Gasteiger partial charge in [-0.3, -0.25) is 4.90 Å². The molecule has 15 heavy (non-hydrogen) atoms. The van der Waals surface area contributed by atoms with Gasteiger partial charge in [0.1, 0.15) is 0 Å². The van der Waals surface area contributed by atoms with Gasteiger partial charge in [0, 0.05) is 24.5 Å². The fraction of sp³-hybridized carbons (Fsp3) is 0.909. The Kier molecular flexibility index (Phi) is 3.28. The lowest BCUT2D eigenvalue weighted by molar-refractivity contribution is 0.0162. The minimum atomic E-state index is -0.0872. The minimum absolute atomic E-state index is 0.0872. The van der Waals surface area contributed by atoms with Crippen LogP contribution in [-0.4, -0.2) is 39.2 Å². The Balaban J connectivity index is 2.01. The predicted molar refractivity (Wildman–Crippen MR) is 64.8 cm³/mol. The van der Waals surface area contributed by atoms with Gasteiger partial charge in [0.2, 0.25) is 0 Å². The van der Waals surface area contributed by atoms with Gasteiger partial charge in [-0.2, -0.15) is 0 Å². The summed E-state index contributed by atoms with van der Waals surface area (Å²) in [7, 11) is 0. The summed E-state index contributed by atoms with van der Waals surface area (Å²) in [5, 5.41) is 9.69. The van der Waals surface area contributed by atoms with Gasteiger partial charge in [-0.1, -0.05) is 12.2 Å². The van der Waals surface area contributed by atoms with E-state index in [-0.39, 0.29) is 6.10 Å². The quantitative estimate of drug-likeness (QED) is 0.709. The van der Waals surface area contributed by atoms with Crippen LogP contribution in [0.25, 0.3) is 0 Å². The van der Waals surface area contributed by atoms with Crippen LogP contribution in [0.5, 0.6) is 0 Å². The summed E-state index contributed by atoms with van der Waals surface area (Å²) in [6.07, 6.45) is 5.03. The van der Waals surface area contributed by atoms with Crippen LogP contribution in [0.1, 0.15) is 39.0 Å². The number of aliphatic hydroxyl groups is 1. The highest BCUT2D eigenvalue weighted by molar-refractivity contribution is 7.80. The van der Waals surface area contributed by atoms with Gasteiger partial charge in [0.25, 0.3) is 0 Å². The first-order valence-corrected chi connectivity index (χ1v) is 6.22. The predicted octanol–water partition coefficient (Wildman–Crippen LogP) is 1.04. The molecule has 86 valence electrons. The Labute approximate surface area is 96.6 Å². The molecule has 3 unspecified atom stereocenters. The first kappa shape index (κ1) is 11.3. The maximum absolute atomic E-state index is 9.69. The number of hydrogen-bond donors (Lipinski definition) is 2. The Morgan fingerprint density at radius 1 is 1.47 bits per heavy atom. The second kappa shape index (κ2) is 4.36. The highest BCUT2D eigenvalue weighted by atomic mass is 32.1. The average Bonchev–Trinajstić information content (AvgIpc) is 2.38. The van der Waals surface area contributed by atoms with E-state index in [2.05, 4.69) is 11.8 Å². The summed E-state index contributed by atoms with van der Waals surface area (Å²) in [4.78, 5) is 3.14. The Morgan fingerprint density at radius 2 is 2.00 bits per heavy atom. The zero-order chi connectivity index (χ0) is 11.0. The Morgan fingerprint density at radius 3 is 2.47 bits per heavy atom. The average molecular weight is 228 g/mol. The zero-order valence-electron chi connectivity index (χ0n) is 9.22. The normalized spacial score (nSPS) is 37.9. The summed E-state index contributed by atoms with van der Waals surface area (Å²) in [6.45, 7) is 2.20. The lowest BCUT2D eigenvalue weighted by Crippen LogP contribution is -2.49. The van der Waals surface area contributed by atoms with Crippen molar-refractivity contribution in [2.75, 3.05) is 0 Å². The van der Waals surface area contributed by atoms with Crippen molar-refractivity contribution in [2.24, 2.45) is 5.73 Å². The molecule has 2 saturated heterocycles. The van der Waals surface area contributed by atoms with Gasteiger partial charge < -0.3 is 10.8 Å². The van der Waals surface area contributed by atoms with Crippen molar-refractivity contribution in [1.82, 2.24) is 4.90 Å². The summed E-state index contributed by atoms with van der Waals surface area (Å²) in [6, 6.07) is 1.55. The van der Waals surface area contributed by atoms with E-state index < -0.39 is 0 Å². The molecule has 0 aliphatic carbocycles. The monoisotopic (exact) mass is 228 g/mol. The van der Waals surface area contributed by atoms with Crippen molar-refractivity contribution in [3.63, 3.8) is 0 Å². The molecule has 0 saturated carbocycles. The largest absolute Gasteiger partial charge is 0.393 e. The molecule has 0 aromatic rings. The van der Waals surface area contributed by atoms with Gasteiger partial charge in [0.05, 0.1) is 11.1 Å². The highest BCUT2D eigenvalue weighted by Crippen LogP contribution is 2.37. The number of nitrogens with zero attached hydrogens (tertiary/aromatic N) is 1. The number of thiocarbonyl (C=S) groups is 1. The van der Waals surface area contributed by atoms with Crippen LogP contribution in [0.3, 0.4) is 0 Å². The van der Waals surface area contributed by atoms with E-state index in [0.717, 1.165) is 19.3 Å². The number of fused-ring (bicyclic) bond motifs is 2. The molecular formula is C11H20N2OS. The summed E-state index contributed by atoms with van der Waals surface area (Å²) >= 11 is 4.96. The van der Waals surface area contributed by atoms with Crippen molar-refractivity contribution in [3.05, 3.63) is 0 Å². The van der Waals surface area contributed by atoms with E-state index in [9.17, 15) is 5.11 Å². The third-order valence-electron chi connectivity index (χ3n) is 3.77. The van der Waals surface area contributed by atoms with E-state index in [1.54, 1.807) is 0 Å². The maximum atomic E-state index is 9.69. The van der Waals surface area contributed by atoms with Crippen molar-refractivity contribution in [3.8, 4) is 0 Å². The van der Waals surface area contributed by atoms with Crippen LogP contribution in [0.15, 0.2) is 0 Å². The fourth-order valence-electron chi connectivity index (χ4n) is 3.30. The maximum Gasteiger partial charge on any atom is 0.0742 e. The number of rotatable bonds is 3. The fourth-order valence-corrected chi connectivity index (χ4v) is 3.54. The topological polar surface area (TPSA) is 49.5 Å². The molecule has 2 aliphatic rings. The lowest BCUT2D eigenvalue weighted by atomic mass is 9.97. The van der Waals surface area contributed by atoms with Crippen molar-refractivity contribution >= 4 is 17.2 Å². The molecule has 4 heteroatoms. The molecule has 3 nitrogen and oxygen atoms in total. The molecular weight excluding hydrogens is 208 g/mol. The standard InChI is InChI=1S/C11H20N2OS/c1-7(4-11(12)15)13-8-2-3-9(13)6-10(14)5-8/h7-10,14H,2-6H2,1H3,(H2,12,15). The number of piperidine rings is 1. The molecule has 2 heterocycles. The summed E-state index contributed by atoms with van der Waals surface area (Å²) < 4.78 is 0. The minimum Gasteiger partial charge on any atom is -0.393 e. The van der Waals surface area contributed by atoms with Gasteiger partial charge in [0.15, 0.2) is 0 Å². The van der Waals surface area contributed by atoms with Gasteiger partial charge in [-0.05, 0) is 32.6 Å². The third-order valence-corrected chi connectivity index (χ3v) is 3.94. The Bertz CT molecular complexity index is 245. The smallest absolute Gasteiger partial charge is 0.0742 e. The molecule has 0 aromatic carbocycles. The molecule has 0 amide bonds. The van der Waals surface area contributed by atoms with Gasteiger partial charge >= 0.3 is 0 Å². The molecule has 3 atom stereocenters. The number of aliphatic hydroxyl groups excluding tert-OH is 1. The van der Waals surface area contributed by atoms with Crippen LogP contribution in [0.2, 0.25) is 0 Å². The van der Waals surface area contributed by atoms with E-state index in [1.165, 1.54) is 12.8 Å². The first-order valence-electron chi connectivity index (χ1n) is 5.81. The van der Waals surface area contributed by atoms with Crippen molar-refractivity contribution < 1.29 is 5.11 Å². The molecule has 0 radical (unpaired) electrons. The van der Waals surface area contributed by atoms with Crippen LogP contribution in [-0.2, 0) is 0 Å². The van der Waals surface area contributed by atoms with Gasteiger partial charge in [-0.25, -0.2) is 0 Å². The number of hydrogen-bond acceptors (Lipinski definition) is 3. The van der Waals surface area contributed by atoms with E-state index in [1.807, 2.05) is 0 Å². The molecule has 2 bridgehead atoms. The van der Waals surface area contributed by atoms with Gasteiger partial charge in [-0.15, -0.1) is 0 Å². The molecule has 2 rings (SSSR count). The van der Waals surface area contributed by atoms with E-state index in [0.29, 0.717) is 23.1 Å². The lowest BCUT2D eigenvalue weighted by Gasteiger charge is -2.41. The van der Waals surface area contributed by atoms with Crippen molar-refractivity contribution in [2.45, 2.75) is 63.3 Å². The highest BCUT2D eigenvalue weighted by Gasteiger charge is 2.42. The summed E-state index contributed by atoms with van der Waals surface area (Å²) in [5.74, 6) is 0. The van der Waals surface area contributed by atoms with E-state index >= 15 is 0 Å². The third kappa shape index (κ3) is 2.32. The van der Waals surface area contributed by atoms with Crippen LogP contribution in [0.4, 0.5) is 0 Å². The summed E-state index contributed by atoms with van der Waals surface area (Å²) in [5.41, 5.74) is 5.59. The molecule has 2 fully saturated rings. The van der Waals surface area contributed by atoms with Crippen LogP contribution >= 0.6 is 12.2 Å². The number of nitrogens with two attached hydrogens (primary N) is 1. The van der Waals surface area contributed by atoms with Crippen molar-refractivity contribution in [1.29, 1.82) is 0 Å². The van der Waals surface area contributed by atoms with E-state index in [4.69, 9.17) is 18.0 Å². The zero-order valence-corrected chi connectivity index (χ0v) is 10.0. The molecule has 3 N–H and O–H groups in total. The second-order valence-corrected chi connectivity index (χ2v) is 5.50. The Hall–Kier alpha value is -0.190. The van der Waals surface area contributed by atoms with Crippen LogP contribution < -0.4 is 5.73 Å². The molecule has 0 aromatic heterocycles. The first-order chi connectivity index (χ1) is 7.08. The molecule has 2 aliphatic heterocycles. The van der Waals surface area contributed by atoms with Crippen LogP contribution in [0, 0.1) is 0 Å². The SMILES string of the molecule is CC(CC(N)=S)N1C2CCC1CC(O)C2.